The van der Waals surface area contributed by atoms with Gasteiger partial charge in [0.1, 0.15) is 44.1 Å². The first-order valence-electron chi connectivity index (χ1n) is 32.4. The number of carbonyl (C=O) groups excluding carboxylic acids is 8. The summed E-state index contributed by atoms with van der Waals surface area (Å²) in [5.74, 6) is -6.14. The highest BCUT2D eigenvalue weighted by atomic mass is 32.2. The third-order valence-corrected chi connectivity index (χ3v) is 20.5. The zero-order chi connectivity index (χ0) is 72.6. The Balaban J connectivity index is 0.877. The van der Waals surface area contributed by atoms with Gasteiger partial charge in [-0.05, 0) is 63.6 Å². The molecule has 3 N–H and O–H groups in total. The Morgan fingerprint density at radius 3 is 1.62 bits per heavy atom. The summed E-state index contributed by atoms with van der Waals surface area (Å²) in [6.45, 7) is 4.77. The number of esters is 4. The van der Waals surface area contributed by atoms with E-state index in [1.165, 1.54) is 33.1 Å². The van der Waals surface area contributed by atoms with Crippen molar-refractivity contribution >= 4 is 105 Å². The van der Waals surface area contributed by atoms with Gasteiger partial charge in [0.15, 0.2) is 29.4 Å². The van der Waals surface area contributed by atoms with E-state index >= 15 is 14.4 Å². The molecule has 1 fully saturated rings. The van der Waals surface area contributed by atoms with E-state index in [2.05, 4.69) is 26.4 Å². The predicted molar refractivity (Wildman–Crippen MR) is 389 cm³/mol. The summed E-state index contributed by atoms with van der Waals surface area (Å²) >= 11 is 3.44. The lowest BCUT2D eigenvalue weighted by Crippen LogP contribution is -2.71. The monoisotopic (exact) mass is 1440 g/mol. The molecule has 1 unspecified atom stereocenters. The Morgan fingerprint density at radius 1 is 0.663 bits per heavy atom. The van der Waals surface area contributed by atoms with E-state index in [0.717, 1.165) is 72.1 Å². The standard InChI is InChI=1S/C78H61N9O14S3/c1-45-58(42-88)71(87-76(80-45)83-77(84-87)100-66(51-30-16-7-17-31-51)52-32-18-8-19-33-52)102-43-54-44-103-72-63(70(93)86(72)64(54)74(95)99-65(49-26-12-5-13-27-49)50-28-14-6-15-29-50)81-69(92)62(85-101-73(94)53-40-59(96-46(2)89)67(98-48(4)91)60(41-53)97-47(3)90)61-68(79)104-75(82-61)78(55-34-20-9-21-35-55,56-36-22-10-23-37-56)57-38-24-11-25-39-57/h5-41,63,65-66,71-72H,43-44,79H2,1-4H3,(H,81,92)/t63-,71?,72-/m1/s1. The number of benzene rings is 8. The Bertz CT molecular complexity index is 4890. The number of rotatable bonds is 23. The molecule has 23 nitrogen and oxygen atoms in total. The van der Waals surface area contributed by atoms with Crippen LogP contribution in [0.4, 0.5) is 10.9 Å². The van der Waals surface area contributed by atoms with E-state index < -0.39 is 105 Å². The van der Waals surface area contributed by atoms with E-state index in [-0.39, 0.29) is 45.4 Å². The number of thiazole rings is 1. The lowest BCUT2D eigenvalue weighted by molar-refractivity contribution is -0.154. The molecule has 2 aromatic heterocycles. The molecule has 0 spiro atoms. The maximum atomic E-state index is 15.6. The molecule has 10 aromatic rings. The van der Waals surface area contributed by atoms with Crippen molar-refractivity contribution in [2.45, 2.75) is 62.1 Å². The maximum absolute atomic E-state index is 15.6. The molecule has 520 valence electrons. The normalized spacial score (nSPS) is 15.5. The van der Waals surface area contributed by atoms with E-state index in [1.807, 2.05) is 212 Å². The molecule has 8 aromatic carbocycles. The highest BCUT2D eigenvalue weighted by molar-refractivity contribution is 8.01. The van der Waals surface area contributed by atoms with Crippen LogP contribution >= 0.6 is 34.9 Å². The number of hydrogen-bond donors (Lipinski definition) is 2. The van der Waals surface area contributed by atoms with Gasteiger partial charge in [-0.1, -0.05) is 229 Å². The van der Waals surface area contributed by atoms with E-state index in [9.17, 15) is 24.0 Å². The molecule has 104 heavy (non-hydrogen) atoms. The summed E-state index contributed by atoms with van der Waals surface area (Å²) in [6.07, 6.45) is -1.62. The number of nitrogens with one attached hydrogen (secondary N) is 1. The minimum Gasteiger partial charge on any atom is -0.449 e. The summed E-state index contributed by atoms with van der Waals surface area (Å²) < 4.78 is 30.5. The quantitative estimate of drug-likeness (QED) is 0.00878. The van der Waals surface area contributed by atoms with Crippen LogP contribution in [0.1, 0.15) is 105 Å². The van der Waals surface area contributed by atoms with Crippen molar-refractivity contribution in [1.82, 2.24) is 30.0 Å². The van der Waals surface area contributed by atoms with Gasteiger partial charge in [-0.2, -0.15) is 4.98 Å². The first-order chi connectivity index (χ1) is 50.5. The van der Waals surface area contributed by atoms with Gasteiger partial charge in [-0.3, -0.25) is 28.9 Å². The number of nitrogens with zero attached hydrogens (tertiary/aromatic N) is 7. The molecule has 3 aliphatic rings. The van der Waals surface area contributed by atoms with Crippen LogP contribution in [-0.2, 0) is 48.6 Å². The summed E-state index contributed by atoms with van der Waals surface area (Å²) in [4.78, 5) is 133. The van der Waals surface area contributed by atoms with Gasteiger partial charge in [0, 0.05) is 32.3 Å². The Labute approximate surface area is 607 Å². The van der Waals surface area contributed by atoms with Gasteiger partial charge < -0.3 is 39.6 Å². The number of aliphatic imine (C=N–C) groups is 1. The fourth-order valence-electron chi connectivity index (χ4n) is 12.3. The van der Waals surface area contributed by atoms with E-state index in [4.69, 9.17) is 44.3 Å². The molecule has 0 saturated carbocycles. The zero-order valence-corrected chi connectivity index (χ0v) is 58.3. The van der Waals surface area contributed by atoms with E-state index in [0.29, 0.717) is 27.4 Å². The number of thioether (sulfide) groups is 2. The number of carbonyl (C=O) groups is 7. The van der Waals surface area contributed by atoms with Gasteiger partial charge in [-0.15, -0.1) is 28.6 Å². The molecule has 0 bridgehead atoms. The molecule has 5 heterocycles. The first kappa shape index (κ1) is 70.1. The Kier molecular flexibility index (Phi) is 20.8. The third-order valence-electron chi connectivity index (χ3n) is 16.9. The van der Waals surface area contributed by atoms with Crippen LogP contribution in [0.2, 0.25) is 0 Å². The average Bonchev–Trinajstić information content (AvgIpc) is 1.25. The van der Waals surface area contributed by atoms with Crippen LogP contribution in [0.5, 0.6) is 23.3 Å². The van der Waals surface area contributed by atoms with Crippen molar-refractivity contribution in [2.75, 3.05) is 17.2 Å². The van der Waals surface area contributed by atoms with Gasteiger partial charge in [0.2, 0.25) is 5.75 Å². The fraction of sp³-hybridized carbons (Fsp3) is 0.154. The van der Waals surface area contributed by atoms with Gasteiger partial charge in [-0.25, -0.2) is 29.0 Å². The van der Waals surface area contributed by atoms with Crippen LogP contribution in [0.3, 0.4) is 0 Å². The number of oxime groups is 1. The minimum atomic E-state index is -1.42. The topological polar surface area (TPSA) is 302 Å². The summed E-state index contributed by atoms with van der Waals surface area (Å²) in [5.41, 5.74) is 10.3. The second-order valence-corrected chi connectivity index (χ2v) is 26.9. The number of fused-ring (bicyclic) bond motifs is 2. The fourth-order valence-corrected chi connectivity index (χ4v) is 16.1. The van der Waals surface area contributed by atoms with Crippen molar-refractivity contribution in [1.29, 1.82) is 0 Å². The summed E-state index contributed by atoms with van der Waals surface area (Å²) in [6, 6.07) is 66.2. The number of ether oxygens (including phenoxy) is 5. The molecule has 2 amide bonds. The number of β-lactam (4-membered cyclic amide) rings is 1. The number of aromatic nitrogens is 4. The van der Waals surface area contributed by atoms with Crippen molar-refractivity contribution in [3.8, 4) is 23.3 Å². The smallest absolute Gasteiger partial charge is 0.366 e. The molecular weight excluding hydrogens is 1380 g/mol. The van der Waals surface area contributed by atoms with E-state index in [1.54, 1.807) is 6.92 Å². The average molecular weight is 1440 g/mol. The highest BCUT2D eigenvalue weighted by Crippen LogP contribution is 2.50. The van der Waals surface area contributed by atoms with Crippen molar-refractivity contribution in [3.05, 3.63) is 297 Å². The number of nitrogen functional groups attached to an aromatic ring is 1. The van der Waals surface area contributed by atoms with Crippen molar-refractivity contribution in [2.24, 2.45) is 10.1 Å². The number of amides is 2. The van der Waals surface area contributed by atoms with Crippen molar-refractivity contribution in [3.63, 3.8) is 0 Å². The third kappa shape index (κ3) is 14.5. The molecule has 26 heteroatoms. The minimum absolute atomic E-state index is 0.0111. The molecule has 0 radical (unpaired) electrons. The summed E-state index contributed by atoms with van der Waals surface area (Å²) in [5, 5.41) is 10.1. The number of hydrogen-bond acceptors (Lipinski definition) is 23. The number of anilines is 1. The van der Waals surface area contributed by atoms with Crippen molar-refractivity contribution < 1.29 is 66.9 Å². The lowest BCUT2D eigenvalue weighted by atomic mass is 9.70. The molecule has 3 atom stereocenters. The zero-order valence-electron chi connectivity index (χ0n) is 55.8. The second-order valence-electron chi connectivity index (χ2n) is 23.7. The predicted octanol–water partition coefficient (Wildman–Crippen LogP) is 12.0. The van der Waals surface area contributed by atoms with Gasteiger partial charge in [0.05, 0.1) is 22.3 Å². The largest absolute Gasteiger partial charge is 0.449 e. The first-order valence-corrected chi connectivity index (χ1v) is 35.3. The van der Waals surface area contributed by atoms with Gasteiger partial charge in [0.25, 0.3) is 17.8 Å². The Morgan fingerprint density at radius 2 is 1.14 bits per heavy atom. The molecule has 1 saturated heterocycles. The highest BCUT2D eigenvalue weighted by Gasteiger charge is 2.55. The lowest BCUT2D eigenvalue weighted by Gasteiger charge is -2.50. The Hall–Kier alpha value is -12.4. The molecule has 13 rings (SSSR count). The van der Waals surface area contributed by atoms with Crippen LogP contribution in [-0.4, -0.2) is 107 Å². The van der Waals surface area contributed by atoms with Gasteiger partial charge >= 0.3 is 35.9 Å². The molecule has 3 aliphatic heterocycles. The SMILES string of the molecule is CC(=O)Oc1cc(C(=O)ON=C(C(=O)N[C@@H]2C(=O)N3C(C(=O)OC(c4ccccc4)c4ccccc4)=C(CSC4C(=C=O)C(C)=Nc5nc(OC(c6ccccc6)c6ccccc6)nn54)CS[C@H]23)c2nc(C(c3ccccc3)(c3ccccc3)c3ccccc3)sc2N)cc(OC(C)=O)c1OC(C)=O. The maximum Gasteiger partial charge on any atom is 0.366 e. The van der Waals surface area contributed by atoms with Crippen LogP contribution < -0.4 is 30.0 Å². The van der Waals surface area contributed by atoms with Crippen LogP contribution in [0.15, 0.2) is 251 Å². The van der Waals surface area contributed by atoms with Crippen LogP contribution in [0, 0.1) is 0 Å². The molecule has 0 aliphatic carbocycles. The van der Waals surface area contributed by atoms with Crippen LogP contribution in [0.25, 0.3) is 0 Å². The molecular formula is C78H61N9O14S3. The number of nitrogens with two attached hydrogens (primary N) is 1. The second kappa shape index (κ2) is 30.9. The summed E-state index contributed by atoms with van der Waals surface area (Å²) in [7, 11) is 0.